The number of rotatable bonds is 3. The summed E-state index contributed by atoms with van der Waals surface area (Å²) in [6.45, 7) is 0. The van der Waals surface area contributed by atoms with Gasteiger partial charge in [-0.15, -0.1) is 0 Å². The molecule has 0 bridgehead atoms. The van der Waals surface area contributed by atoms with E-state index in [4.69, 9.17) is 0 Å². The lowest BCUT2D eigenvalue weighted by molar-refractivity contribution is 0.0927. The molecule has 1 N–H and O–H groups in total. The fourth-order valence-electron chi connectivity index (χ4n) is 3.54. The molecule has 0 saturated heterocycles. The van der Waals surface area contributed by atoms with Crippen LogP contribution in [0.4, 0.5) is 0 Å². The maximum Gasteiger partial charge on any atom is 0.265 e. The van der Waals surface area contributed by atoms with Gasteiger partial charge in [-0.05, 0) is 49.2 Å². The molecule has 3 aromatic rings. The zero-order valence-electron chi connectivity index (χ0n) is 14.5. The Balaban J connectivity index is 1.57. The smallest absolute Gasteiger partial charge is 0.265 e. The van der Waals surface area contributed by atoms with E-state index in [2.05, 4.69) is 10.3 Å². The highest BCUT2D eigenvalue weighted by molar-refractivity contribution is 5.94. The number of carbonyl (C=O) groups excluding carboxylic acids is 1. The molecule has 1 aliphatic carbocycles. The lowest BCUT2D eigenvalue weighted by Crippen LogP contribution is -2.36. The molecule has 26 heavy (non-hydrogen) atoms. The lowest BCUT2D eigenvalue weighted by atomic mass is 9.95. The summed E-state index contributed by atoms with van der Waals surface area (Å²) in [5, 5.41) is 3.69. The summed E-state index contributed by atoms with van der Waals surface area (Å²) in [5.74, 6) is -0.0487. The SMILES string of the molecule is O=C(NC1CCCCC1)c1ccc(-n2cnc3ccccc3c2=O)cc1. The minimum atomic E-state index is -0.116. The van der Waals surface area contributed by atoms with Gasteiger partial charge in [0, 0.05) is 11.6 Å². The van der Waals surface area contributed by atoms with Crippen molar-refractivity contribution in [2.75, 3.05) is 0 Å². The van der Waals surface area contributed by atoms with Crippen LogP contribution in [0.3, 0.4) is 0 Å². The van der Waals surface area contributed by atoms with E-state index in [0.29, 0.717) is 22.2 Å². The maximum atomic E-state index is 12.7. The highest BCUT2D eigenvalue weighted by Gasteiger charge is 2.16. The fourth-order valence-corrected chi connectivity index (χ4v) is 3.54. The van der Waals surface area contributed by atoms with Gasteiger partial charge in [-0.3, -0.25) is 14.2 Å². The summed E-state index contributed by atoms with van der Waals surface area (Å²) in [7, 11) is 0. The average molecular weight is 347 g/mol. The molecular weight excluding hydrogens is 326 g/mol. The molecule has 0 spiro atoms. The van der Waals surface area contributed by atoms with E-state index in [1.54, 1.807) is 30.3 Å². The first-order valence-corrected chi connectivity index (χ1v) is 9.10. The van der Waals surface area contributed by atoms with Crippen LogP contribution in [0, 0.1) is 0 Å². The Labute approximate surface area is 151 Å². The van der Waals surface area contributed by atoms with Crippen molar-refractivity contribution in [1.82, 2.24) is 14.9 Å². The molecule has 1 aromatic heterocycles. The number of nitrogens with one attached hydrogen (secondary N) is 1. The van der Waals surface area contributed by atoms with Crippen molar-refractivity contribution in [1.29, 1.82) is 0 Å². The lowest BCUT2D eigenvalue weighted by Gasteiger charge is -2.22. The van der Waals surface area contributed by atoms with E-state index in [1.807, 2.05) is 18.2 Å². The quantitative estimate of drug-likeness (QED) is 0.789. The standard InChI is InChI=1S/C21H21N3O2/c25-20(23-16-6-2-1-3-7-16)15-10-12-17(13-11-15)24-14-22-19-9-5-4-8-18(19)21(24)26/h4-5,8-14,16H,1-3,6-7H2,(H,23,25). The van der Waals surface area contributed by atoms with Crippen LogP contribution in [0.5, 0.6) is 0 Å². The van der Waals surface area contributed by atoms with Gasteiger partial charge in [0.05, 0.1) is 16.6 Å². The first kappa shape index (κ1) is 16.5. The average Bonchev–Trinajstić information content (AvgIpc) is 2.69. The molecule has 4 rings (SSSR count). The Morgan fingerprint density at radius 1 is 1.00 bits per heavy atom. The van der Waals surface area contributed by atoms with Crippen LogP contribution in [-0.4, -0.2) is 21.5 Å². The molecule has 0 radical (unpaired) electrons. The number of aromatic nitrogens is 2. The number of para-hydroxylation sites is 1. The Bertz CT molecular complexity index is 986. The van der Waals surface area contributed by atoms with E-state index in [-0.39, 0.29) is 17.5 Å². The zero-order valence-corrected chi connectivity index (χ0v) is 14.5. The van der Waals surface area contributed by atoms with Crippen LogP contribution in [0.2, 0.25) is 0 Å². The highest BCUT2D eigenvalue weighted by atomic mass is 16.1. The molecule has 5 nitrogen and oxygen atoms in total. The Morgan fingerprint density at radius 2 is 1.73 bits per heavy atom. The van der Waals surface area contributed by atoms with Crippen LogP contribution < -0.4 is 10.9 Å². The van der Waals surface area contributed by atoms with Gasteiger partial charge in [-0.2, -0.15) is 0 Å². The van der Waals surface area contributed by atoms with Gasteiger partial charge >= 0.3 is 0 Å². The second-order valence-corrected chi connectivity index (χ2v) is 6.79. The number of amides is 1. The summed E-state index contributed by atoms with van der Waals surface area (Å²) in [4.78, 5) is 29.4. The van der Waals surface area contributed by atoms with Crippen molar-refractivity contribution < 1.29 is 4.79 Å². The van der Waals surface area contributed by atoms with Gasteiger partial charge in [-0.25, -0.2) is 4.98 Å². The molecule has 1 heterocycles. The van der Waals surface area contributed by atoms with Crippen LogP contribution in [0.1, 0.15) is 42.5 Å². The predicted octanol–water partition coefficient (Wildman–Crippen LogP) is 3.45. The first-order valence-electron chi connectivity index (χ1n) is 9.10. The maximum absolute atomic E-state index is 12.7. The van der Waals surface area contributed by atoms with Crippen LogP contribution in [0.15, 0.2) is 59.7 Å². The predicted molar refractivity (Wildman–Crippen MR) is 102 cm³/mol. The van der Waals surface area contributed by atoms with Gasteiger partial charge in [0.1, 0.15) is 6.33 Å². The summed E-state index contributed by atoms with van der Waals surface area (Å²) in [6, 6.07) is 14.6. The summed E-state index contributed by atoms with van der Waals surface area (Å²) < 4.78 is 1.51. The van der Waals surface area contributed by atoms with E-state index in [1.165, 1.54) is 30.2 Å². The molecule has 1 saturated carbocycles. The third-order valence-corrected chi connectivity index (χ3v) is 5.01. The molecule has 2 aromatic carbocycles. The van der Waals surface area contributed by atoms with Crippen LogP contribution in [-0.2, 0) is 0 Å². The van der Waals surface area contributed by atoms with Crippen molar-refractivity contribution in [2.45, 2.75) is 38.1 Å². The van der Waals surface area contributed by atoms with Crippen molar-refractivity contribution in [3.63, 3.8) is 0 Å². The van der Waals surface area contributed by atoms with Crippen molar-refractivity contribution >= 4 is 16.8 Å². The Hall–Kier alpha value is -2.95. The number of hydrogen-bond acceptors (Lipinski definition) is 3. The van der Waals surface area contributed by atoms with Crippen molar-refractivity contribution in [3.05, 3.63) is 70.8 Å². The molecule has 1 amide bonds. The molecule has 1 fully saturated rings. The van der Waals surface area contributed by atoms with Gasteiger partial charge in [0.2, 0.25) is 0 Å². The van der Waals surface area contributed by atoms with E-state index in [0.717, 1.165) is 12.8 Å². The van der Waals surface area contributed by atoms with Gasteiger partial charge in [-0.1, -0.05) is 31.4 Å². The van der Waals surface area contributed by atoms with Gasteiger partial charge in [0.25, 0.3) is 11.5 Å². The summed E-state index contributed by atoms with van der Waals surface area (Å²) >= 11 is 0. The molecule has 0 atom stereocenters. The first-order chi connectivity index (χ1) is 12.7. The zero-order chi connectivity index (χ0) is 17.9. The normalized spacial score (nSPS) is 15.1. The number of fused-ring (bicyclic) bond motifs is 1. The number of benzene rings is 2. The number of hydrogen-bond donors (Lipinski definition) is 1. The molecule has 1 aliphatic rings. The Morgan fingerprint density at radius 3 is 2.50 bits per heavy atom. The minimum absolute atomic E-state index is 0.0487. The third-order valence-electron chi connectivity index (χ3n) is 5.01. The van der Waals surface area contributed by atoms with Crippen molar-refractivity contribution in [3.8, 4) is 5.69 Å². The number of carbonyl (C=O) groups is 1. The fraction of sp³-hybridized carbons (Fsp3) is 0.286. The van der Waals surface area contributed by atoms with Crippen molar-refractivity contribution in [2.24, 2.45) is 0 Å². The van der Waals surface area contributed by atoms with Crippen LogP contribution in [0.25, 0.3) is 16.6 Å². The minimum Gasteiger partial charge on any atom is -0.349 e. The largest absolute Gasteiger partial charge is 0.349 e. The second kappa shape index (κ2) is 7.12. The molecule has 132 valence electrons. The van der Waals surface area contributed by atoms with Crippen LogP contribution >= 0.6 is 0 Å². The summed E-state index contributed by atoms with van der Waals surface area (Å²) in [6.07, 6.45) is 7.27. The van der Waals surface area contributed by atoms with Gasteiger partial charge < -0.3 is 5.32 Å². The molecule has 0 unspecified atom stereocenters. The third kappa shape index (κ3) is 3.25. The molecule has 5 heteroatoms. The van der Waals surface area contributed by atoms with E-state index >= 15 is 0 Å². The highest BCUT2D eigenvalue weighted by Crippen LogP contribution is 2.18. The van der Waals surface area contributed by atoms with E-state index < -0.39 is 0 Å². The topological polar surface area (TPSA) is 64.0 Å². The summed E-state index contributed by atoms with van der Waals surface area (Å²) in [5.41, 5.74) is 1.87. The molecular formula is C21H21N3O2. The molecule has 0 aliphatic heterocycles. The van der Waals surface area contributed by atoms with Gasteiger partial charge in [0.15, 0.2) is 0 Å². The number of nitrogens with zero attached hydrogens (tertiary/aromatic N) is 2. The van der Waals surface area contributed by atoms with E-state index in [9.17, 15) is 9.59 Å². The Kier molecular flexibility index (Phi) is 4.52. The second-order valence-electron chi connectivity index (χ2n) is 6.79. The monoisotopic (exact) mass is 347 g/mol.